The van der Waals surface area contributed by atoms with E-state index in [1.807, 2.05) is 0 Å². The first-order valence-corrected chi connectivity index (χ1v) is 7.88. The first-order valence-electron chi connectivity index (χ1n) is 7.88. The molecular formula is C16H19N5O4. The minimum absolute atomic E-state index is 0.0458. The van der Waals surface area contributed by atoms with Crippen molar-refractivity contribution >= 4 is 16.8 Å². The Morgan fingerprint density at radius 3 is 2.92 bits per heavy atom. The fourth-order valence-electron chi connectivity index (χ4n) is 2.67. The zero-order chi connectivity index (χ0) is 17.8. The van der Waals surface area contributed by atoms with Crippen LogP contribution in [0, 0.1) is 10.9 Å². The number of nitrogens with zero attached hydrogens (tertiary/aromatic N) is 2. The minimum atomic E-state index is -0.589. The van der Waals surface area contributed by atoms with E-state index in [4.69, 9.17) is 25.3 Å². The maximum Gasteiger partial charge on any atom is 0.278 e. The van der Waals surface area contributed by atoms with Crippen LogP contribution in [0.5, 0.6) is 5.75 Å². The summed E-state index contributed by atoms with van der Waals surface area (Å²) in [6, 6.07) is 6.67. The van der Waals surface area contributed by atoms with Gasteiger partial charge in [-0.3, -0.25) is 10.2 Å². The number of amides is 1. The molecule has 3 rings (SSSR count). The fraction of sp³-hybridized carbons (Fsp3) is 0.375. The number of hydrogen-bond acceptors (Lipinski definition) is 7. The third-order valence-electron chi connectivity index (χ3n) is 4.00. The number of methoxy groups -OCH3 is 1. The van der Waals surface area contributed by atoms with Crippen LogP contribution in [0.1, 0.15) is 29.6 Å². The smallest absolute Gasteiger partial charge is 0.278 e. The molecule has 0 aliphatic carbocycles. The Kier molecular flexibility index (Phi) is 5.05. The van der Waals surface area contributed by atoms with E-state index < -0.39 is 12.2 Å². The van der Waals surface area contributed by atoms with E-state index in [1.165, 1.54) is 7.11 Å². The van der Waals surface area contributed by atoms with Crippen LogP contribution in [0.25, 0.3) is 10.9 Å². The molecule has 1 aromatic carbocycles. The summed E-state index contributed by atoms with van der Waals surface area (Å²) in [5.41, 5.74) is 9.98. The topological polar surface area (TPSA) is 122 Å². The van der Waals surface area contributed by atoms with E-state index in [2.05, 4.69) is 10.7 Å². The van der Waals surface area contributed by atoms with Crippen molar-refractivity contribution < 1.29 is 19.1 Å². The third-order valence-corrected chi connectivity index (χ3v) is 4.00. The van der Waals surface area contributed by atoms with Crippen molar-refractivity contribution in [2.24, 2.45) is 5.22 Å². The van der Waals surface area contributed by atoms with Gasteiger partial charge in [-0.2, -0.15) is 10.2 Å². The average Bonchev–Trinajstić information content (AvgIpc) is 2.66. The highest BCUT2D eigenvalue weighted by Crippen LogP contribution is 2.20. The molecule has 2 aromatic rings. The lowest BCUT2D eigenvalue weighted by Gasteiger charge is -2.22. The third kappa shape index (κ3) is 3.52. The molecule has 1 aromatic heterocycles. The maximum atomic E-state index is 12.4. The SMILES string of the molecule is COc1ccc2cc(C(=O)NOC3CCCCO3)c(=N)n(N=N)c2c1. The van der Waals surface area contributed by atoms with Crippen LogP contribution >= 0.6 is 0 Å². The molecule has 0 bridgehead atoms. The van der Waals surface area contributed by atoms with E-state index in [9.17, 15) is 4.79 Å². The Morgan fingerprint density at radius 2 is 2.24 bits per heavy atom. The zero-order valence-corrected chi connectivity index (χ0v) is 13.7. The normalized spacial score (nSPS) is 17.2. The molecule has 2 heterocycles. The highest BCUT2D eigenvalue weighted by atomic mass is 16.8. The second kappa shape index (κ2) is 7.41. The number of nitrogens with one attached hydrogen (secondary N) is 3. The van der Waals surface area contributed by atoms with E-state index in [0.29, 0.717) is 29.7 Å². The Balaban J connectivity index is 1.90. The predicted molar refractivity (Wildman–Crippen MR) is 87.0 cm³/mol. The number of hydrogen-bond donors (Lipinski definition) is 3. The number of fused-ring (bicyclic) bond motifs is 1. The van der Waals surface area contributed by atoms with Gasteiger partial charge in [0.15, 0.2) is 11.8 Å². The van der Waals surface area contributed by atoms with Crippen molar-refractivity contribution in [2.45, 2.75) is 25.6 Å². The molecule has 1 unspecified atom stereocenters. The summed E-state index contributed by atoms with van der Waals surface area (Å²) in [4.78, 5) is 17.7. The number of carbonyl (C=O) groups excluding carboxylic acids is 1. The van der Waals surface area contributed by atoms with Crippen LogP contribution < -0.4 is 15.7 Å². The lowest BCUT2D eigenvalue weighted by Crippen LogP contribution is -2.36. The first-order chi connectivity index (χ1) is 12.1. The van der Waals surface area contributed by atoms with E-state index in [-0.39, 0.29) is 11.1 Å². The van der Waals surface area contributed by atoms with Gasteiger partial charge in [0.1, 0.15) is 5.75 Å². The molecule has 25 heavy (non-hydrogen) atoms. The number of ether oxygens (including phenoxy) is 2. The van der Waals surface area contributed by atoms with Gasteiger partial charge in [-0.1, -0.05) is 5.22 Å². The summed E-state index contributed by atoms with van der Waals surface area (Å²) in [7, 11) is 1.53. The number of aromatic nitrogens is 1. The van der Waals surface area contributed by atoms with Crippen LogP contribution in [0.3, 0.4) is 0 Å². The molecule has 0 radical (unpaired) electrons. The van der Waals surface area contributed by atoms with Crippen molar-refractivity contribution in [2.75, 3.05) is 13.7 Å². The van der Waals surface area contributed by atoms with Gasteiger partial charge in [-0.25, -0.2) is 10.3 Å². The van der Waals surface area contributed by atoms with Gasteiger partial charge in [-0.05, 0) is 31.0 Å². The van der Waals surface area contributed by atoms with Gasteiger partial charge in [0.2, 0.25) is 0 Å². The Bertz CT molecular complexity index is 857. The number of benzene rings is 1. The summed E-state index contributed by atoms with van der Waals surface area (Å²) in [6.45, 7) is 0.597. The quantitative estimate of drug-likeness (QED) is 0.567. The van der Waals surface area contributed by atoms with Gasteiger partial charge >= 0.3 is 0 Å². The molecular weight excluding hydrogens is 326 g/mol. The lowest BCUT2D eigenvalue weighted by atomic mass is 10.1. The maximum absolute atomic E-state index is 12.4. The Morgan fingerprint density at radius 1 is 1.40 bits per heavy atom. The molecule has 3 N–H and O–H groups in total. The molecule has 1 atom stereocenters. The summed E-state index contributed by atoms with van der Waals surface area (Å²) in [5.74, 6) is -0.0198. The van der Waals surface area contributed by atoms with Crippen LogP contribution in [-0.2, 0) is 9.57 Å². The van der Waals surface area contributed by atoms with Crippen molar-refractivity contribution in [3.8, 4) is 5.75 Å². The molecule has 132 valence electrons. The molecule has 1 saturated heterocycles. The van der Waals surface area contributed by atoms with Gasteiger partial charge < -0.3 is 9.47 Å². The van der Waals surface area contributed by atoms with Crippen LogP contribution in [0.4, 0.5) is 0 Å². The second-order valence-corrected chi connectivity index (χ2v) is 5.59. The molecule has 0 saturated carbocycles. The highest BCUT2D eigenvalue weighted by Gasteiger charge is 2.18. The van der Waals surface area contributed by atoms with Crippen molar-refractivity contribution in [3.63, 3.8) is 0 Å². The van der Waals surface area contributed by atoms with E-state index >= 15 is 0 Å². The molecule has 9 heteroatoms. The van der Waals surface area contributed by atoms with Gasteiger partial charge in [-0.15, -0.1) is 0 Å². The van der Waals surface area contributed by atoms with Crippen LogP contribution in [0.2, 0.25) is 0 Å². The van der Waals surface area contributed by atoms with Crippen LogP contribution in [-0.4, -0.2) is 30.6 Å². The van der Waals surface area contributed by atoms with Gasteiger partial charge in [0, 0.05) is 24.5 Å². The van der Waals surface area contributed by atoms with Crippen molar-refractivity contribution in [1.82, 2.24) is 10.2 Å². The number of pyridine rings is 1. The Labute approximate surface area is 143 Å². The van der Waals surface area contributed by atoms with Gasteiger partial charge in [0.25, 0.3) is 5.91 Å². The number of rotatable bonds is 5. The van der Waals surface area contributed by atoms with Gasteiger partial charge in [0.05, 0.1) is 18.2 Å². The highest BCUT2D eigenvalue weighted by molar-refractivity contribution is 5.96. The number of carbonyl (C=O) groups is 1. The zero-order valence-electron chi connectivity index (χ0n) is 13.7. The molecule has 1 aliphatic heterocycles. The largest absolute Gasteiger partial charge is 0.497 e. The monoisotopic (exact) mass is 345 g/mol. The summed E-state index contributed by atoms with van der Waals surface area (Å²) in [5, 5.41) is 12.2. The first kappa shape index (κ1) is 17.1. The minimum Gasteiger partial charge on any atom is -0.497 e. The molecule has 1 aliphatic rings. The van der Waals surface area contributed by atoms with E-state index in [1.54, 1.807) is 24.3 Å². The Hall–Kier alpha value is -2.78. The summed E-state index contributed by atoms with van der Waals surface area (Å²) >= 11 is 0. The molecule has 0 spiro atoms. The predicted octanol–water partition coefficient (Wildman–Crippen LogP) is 2.11. The molecule has 9 nitrogen and oxygen atoms in total. The summed E-state index contributed by atoms with van der Waals surface area (Å²) in [6.07, 6.45) is 2.17. The lowest BCUT2D eigenvalue weighted by molar-refractivity contribution is -0.186. The number of hydroxylamine groups is 1. The standard InChI is InChI=1S/C16H19N5O4/c1-23-11-6-5-10-8-12(15(17)21(20-18)13(10)9-11)16(22)19-25-14-4-2-3-7-24-14/h5-6,8-9,14,17-18H,2-4,7H2,1H3,(H,19,22). The molecule has 1 amide bonds. The fourth-order valence-corrected chi connectivity index (χ4v) is 2.67. The average molecular weight is 345 g/mol. The van der Waals surface area contributed by atoms with Crippen molar-refractivity contribution in [3.05, 3.63) is 35.3 Å². The summed E-state index contributed by atoms with van der Waals surface area (Å²) < 4.78 is 11.6. The van der Waals surface area contributed by atoms with E-state index in [0.717, 1.165) is 17.5 Å². The van der Waals surface area contributed by atoms with Crippen molar-refractivity contribution in [1.29, 1.82) is 10.9 Å². The molecule has 1 fully saturated rings. The van der Waals surface area contributed by atoms with Crippen LogP contribution in [0.15, 0.2) is 29.5 Å². The second-order valence-electron chi connectivity index (χ2n) is 5.59.